The van der Waals surface area contributed by atoms with Crippen molar-refractivity contribution in [3.8, 4) is 0 Å². The molecule has 0 amide bonds. The summed E-state index contributed by atoms with van der Waals surface area (Å²) in [5, 5.41) is 0. The molecule has 0 heterocycles. The van der Waals surface area contributed by atoms with Crippen molar-refractivity contribution in [1.82, 2.24) is 4.90 Å². The van der Waals surface area contributed by atoms with Gasteiger partial charge in [0.05, 0.1) is 0 Å². The van der Waals surface area contributed by atoms with Gasteiger partial charge in [0.1, 0.15) is 0 Å². The van der Waals surface area contributed by atoms with Crippen molar-refractivity contribution in [2.45, 2.75) is 142 Å². The van der Waals surface area contributed by atoms with Gasteiger partial charge in [-0.25, -0.2) is 0 Å². The van der Waals surface area contributed by atoms with E-state index in [9.17, 15) is 0 Å². The minimum absolute atomic E-state index is 0. The molecular weight excluding hydrogens is 382 g/mol. The SMILES string of the molecule is Br.CCCCCCCCCCCCC(CCCCCCCCC)N(C)C. The highest BCUT2D eigenvalue weighted by atomic mass is 79.9. The van der Waals surface area contributed by atoms with Crippen LogP contribution in [-0.4, -0.2) is 25.0 Å². The predicted octanol–water partition coefficient (Wildman–Crippen LogP) is 8.95. The van der Waals surface area contributed by atoms with Crippen molar-refractivity contribution in [3.05, 3.63) is 0 Å². The molecule has 0 spiro atoms. The second-order valence-electron chi connectivity index (χ2n) is 8.50. The van der Waals surface area contributed by atoms with E-state index >= 15 is 0 Å². The Morgan fingerprint density at radius 1 is 0.462 bits per heavy atom. The monoisotopic (exact) mass is 433 g/mol. The highest BCUT2D eigenvalue weighted by molar-refractivity contribution is 8.93. The average molecular weight is 435 g/mol. The molecule has 0 bridgehead atoms. The second-order valence-corrected chi connectivity index (χ2v) is 8.50. The van der Waals surface area contributed by atoms with Gasteiger partial charge in [0.25, 0.3) is 0 Å². The van der Waals surface area contributed by atoms with Gasteiger partial charge in [0, 0.05) is 6.04 Å². The molecular formula is C24H52BrN. The van der Waals surface area contributed by atoms with E-state index in [-0.39, 0.29) is 17.0 Å². The highest BCUT2D eigenvalue weighted by Gasteiger charge is 2.10. The minimum atomic E-state index is 0. The standard InChI is InChI=1S/C24H51N.BrH/c1-5-7-9-11-13-14-15-17-19-21-23-24(25(3)4)22-20-18-16-12-10-8-6-2;/h24H,5-23H2,1-4H3;1H. The molecule has 1 nitrogen and oxygen atoms in total. The third-order valence-corrected chi connectivity index (χ3v) is 5.76. The van der Waals surface area contributed by atoms with Gasteiger partial charge in [0.15, 0.2) is 0 Å². The first-order chi connectivity index (χ1) is 12.2. The summed E-state index contributed by atoms with van der Waals surface area (Å²) >= 11 is 0. The fourth-order valence-corrected chi connectivity index (χ4v) is 3.87. The third kappa shape index (κ3) is 20.7. The Morgan fingerprint density at radius 3 is 1.00 bits per heavy atom. The van der Waals surface area contributed by atoms with E-state index in [2.05, 4.69) is 32.8 Å². The lowest BCUT2D eigenvalue weighted by Gasteiger charge is -2.24. The van der Waals surface area contributed by atoms with E-state index in [1.165, 1.54) is 122 Å². The summed E-state index contributed by atoms with van der Waals surface area (Å²) in [6.45, 7) is 4.60. The molecule has 0 saturated heterocycles. The van der Waals surface area contributed by atoms with E-state index in [0.29, 0.717) is 0 Å². The number of hydrogen-bond acceptors (Lipinski definition) is 1. The van der Waals surface area contributed by atoms with E-state index < -0.39 is 0 Å². The molecule has 2 heteroatoms. The maximum Gasteiger partial charge on any atom is 0.00891 e. The van der Waals surface area contributed by atoms with Crippen LogP contribution in [0.5, 0.6) is 0 Å². The van der Waals surface area contributed by atoms with Crippen LogP contribution < -0.4 is 0 Å². The van der Waals surface area contributed by atoms with Crippen LogP contribution in [0.4, 0.5) is 0 Å². The maximum atomic E-state index is 2.48. The predicted molar refractivity (Wildman–Crippen MR) is 127 cm³/mol. The van der Waals surface area contributed by atoms with Crippen molar-refractivity contribution in [2.75, 3.05) is 14.1 Å². The van der Waals surface area contributed by atoms with Gasteiger partial charge >= 0.3 is 0 Å². The summed E-state index contributed by atoms with van der Waals surface area (Å²) in [6.07, 6.45) is 27.4. The fraction of sp³-hybridized carbons (Fsp3) is 1.00. The van der Waals surface area contributed by atoms with Crippen LogP contribution in [0.1, 0.15) is 136 Å². The smallest absolute Gasteiger partial charge is 0.00891 e. The van der Waals surface area contributed by atoms with Gasteiger partial charge in [-0.15, -0.1) is 17.0 Å². The largest absolute Gasteiger partial charge is 0.306 e. The van der Waals surface area contributed by atoms with Gasteiger partial charge in [0.2, 0.25) is 0 Å². The lowest BCUT2D eigenvalue weighted by Crippen LogP contribution is -2.27. The molecule has 0 aliphatic rings. The minimum Gasteiger partial charge on any atom is -0.306 e. The molecule has 0 aliphatic carbocycles. The molecule has 0 saturated carbocycles. The highest BCUT2D eigenvalue weighted by Crippen LogP contribution is 2.17. The van der Waals surface area contributed by atoms with Crippen LogP contribution >= 0.6 is 17.0 Å². The van der Waals surface area contributed by atoms with Crippen LogP contribution in [0.2, 0.25) is 0 Å². The Labute approximate surface area is 177 Å². The van der Waals surface area contributed by atoms with Crippen molar-refractivity contribution in [1.29, 1.82) is 0 Å². The maximum absolute atomic E-state index is 2.48. The van der Waals surface area contributed by atoms with E-state index in [0.717, 1.165) is 6.04 Å². The first kappa shape index (κ1) is 28.6. The van der Waals surface area contributed by atoms with Crippen LogP contribution in [0.3, 0.4) is 0 Å². The molecule has 26 heavy (non-hydrogen) atoms. The zero-order chi connectivity index (χ0) is 18.6. The lowest BCUT2D eigenvalue weighted by molar-refractivity contribution is 0.251. The molecule has 0 fully saturated rings. The molecule has 1 unspecified atom stereocenters. The molecule has 160 valence electrons. The Balaban J connectivity index is 0. The fourth-order valence-electron chi connectivity index (χ4n) is 3.87. The van der Waals surface area contributed by atoms with Crippen molar-refractivity contribution < 1.29 is 0 Å². The first-order valence-corrected chi connectivity index (χ1v) is 11.9. The normalized spacial score (nSPS) is 12.3. The van der Waals surface area contributed by atoms with E-state index in [1.807, 2.05) is 0 Å². The Kier molecular flexibility index (Phi) is 25.9. The summed E-state index contributed by atoms with van der Waals surface area (Å²) < 4.78 is 0. The summed E-state index contributed by atoms with van der Waals surface area (Å²) in [5.74, 6) is 0. The van der Waals surface area contributed by atoms with Crippen LogP contribution in [0, 0.1) is 0 Å². The lowest BCUT2D eigenvalue weighted by atomic mass is 9.99. The molecule has 0 rings (SSSR count). The van der Waals surface area contributed by atoms with Crippen molar-refractivity contribution in [2.24, 2.45) is 0 Å². The van der Waals surface area contributed by atoms with Crippen LogP contribution in [0.15, 0.2) is 0 Å². The number of hydrogen-bond donors (Lipinski definition) is 0. The van der Waals surface area contributed by atoms with Gasteiger partial charge in [-0.2, -0.15) is 0 Å². The Hall–Kier alpha value is 0.440. The number of halogens is 1. The quantitative estimate of drug-likeness (QED) is 0.173. The summed E-state index contributed by atoms with van der Waals surface area (Å²) in [7, 11) is 4.56. The van der Waals surface area contributed by atoms with Crippen LogP contribution in [-0.2, 0) is 0 Å². The third-order valence-electron chi connectivity index (χ3n) is 5.76. The van der Waals surface area contributed by atoms with Crippen molar-refractivity contribution in [3.63, 3.8) is 0 Å². The summed E-state index contributed by atoms with van der Waals surface area (Å²) in [6, 6.07) is 0.824. The second kappa shape index (κ2) is 23.5. The molecule has 1 atom stereocenters. The molecule has 0 aromatic rings. The number of rotatable bonds is 20. The van der Waals surface area contributed by atoms with Gasteiger partial charge in [-0.05, 0) is 26.9 Å². The topological polar surface area (TPSA) is 3.24 Å². The summed E-state index contributed by atoms with van der Waals surface area (Å²) in [4.78, 5) is 2.48. The van der Waals surface area contributed by atoms with E-state index in [1.54, 1.807) is 0 Å². The Bertz CT molecular complexity index is 242. The number of unbranched alkanes of at least 4 members (excludes halogenated alkanes) is 15. The van der Waals surface area contributed by atoms with Crippen LogP contribution in [0.25, 0.3) is 0 Å². The van der Waals surface area contributed by atoms with Gasteiger partial charge in [-0.1, -0.05) is 123 Å². The zero-order valence-electron chi connectivity index (χ0n) is 18.9. The molecule has 0 aromatic carbocycles. The van der Waals surface area contributed by atoms with Gasteiger partial charge in [-0.3, -0.25) is 0 Å². The number of nitrogens with zero attached hydrogens (tertiary/aromatic N) is 1. The van der Waals surface area contributed by atoms with Gasteiger partial charge < -0.3 is 4.90 Å². The average Bonchev–Trinajstić information content (AvgIpc) is 2.60. The summed E-state index contributed by atoms with van der Waals surface area (Å²) in [5.41, 5.74) is 0. The molecule has 0 aromatic heterocycles. The Morgan fingerprint density at radius 2 is 0.731 bits per heavy atom. The van der Waals surface area contributed by atoms with E-state index in [4.69, 9.17) is 0 Å². The van der Waals surface area contributed by atoms with Crippen molar-refractivity contribution >= 4 is 17.0 Å². The first-order valence-electron chi connectivity index (χ1n) is 11.9. The zero-order valence-corrected chi connectivity index (χ0v) is 20.6. The molecule has 0 aliphatic heterocycles. The molecule has 0 radical (unpaired) electrons. The molecule has 0 N–H and O–H groups in total.